The number of aromatic nitrogens is 3. The number of para-hydroxylation sites is 2. The van der Waals surface area contributed by atoms with E-state index in [9.17, 15) is 0 Å². The first-order valence-corrected chi connectivity index (χ1v) is 18.5. The van der Waals surface area contributed by atoms with Crippen LogP contribution in [0.3, 0.4) is 0 Å². The van der Waals surface area contributed by atoms with E-state index in [-0.39, 0.29) is 5.41 Å². The maximum atomic E-state index is 5.09. The SMILES string of the molecule is CC1(C)c2cc3c4ccccc4c4ccccc4c3cc2-c2c1ccc1c2c2cccnc2n1-c1ccc2c(c1)c1ccccc1n2-c1ccccc1. The summed E-state index contributed by atoms with van der Waals surface area (Å²) in [5.41, 5.74) is 12.1. The van der Waals surface area contributed by atoms with Gasteiger partial charge in [0.1, 0.15) is 5.65 Å². The zero-order chi connectivity index (χ0) is 35.0. The minimum atomic E-state index is -0.172. The molecule has 0 fully saturated rings. The Morgan fingerprint density at radius 1 is 0.415 bits per heavy atom. The molecule has 53 heavy (non-hydrogen) atoms. The van der Waals surface area contributed by atoms with Crippen molar-refractivity contribution in [3.8, 4) is 22.5 Å². The van der Waals surface area contributed by atoms with Crippen LogP contribution < -0.4 is 0 Å². The number of pyridine rings is 1. The Morgan fingerprint density at radius 3 is 1.77 bits per heavy atom. The third-order valence-corrected chi connectivity index (χ3v) is 12.1. The molecule has 0 unspecified atom stereocenters. The quantitative estimate of drug-likeness (QED) is 0.167. The van der Waals surface area contributed by atoms with Crippen LogP contribution >= 0.6 is 0 Å². The molecule has 0 amide bonds. The summed E-state index contributed by atoms with van der Waals surface area (Å²) in [7, 11) is 0. The molecule has 0 N–H and O–H groups in total. The van der Waals surface area contributed by atoms with Crippen LogP contribution in [-0.2, 0) is 5.41 Å². The van der Waals surface area contributed by atoms with Gasteiger partial charge >= 0.3 is 0 Å². The molecule has 1 aliphatic carbocycles. The maximum Gasteiger partial charge on any atom is 0.145 e. The molecular weight excluding hydrogens is 643 g/mol. The van der Waals surface area contributed by atoms with Gasteiger partial charge in [-0.15, -0.1) is 0 Å². The third kappa shape index (κ3) is 3.71. The molecule has 0 saturated carbocycles. The van der Waals surface area contributed by atoms with E-state index in [0.717, 1.165) is 17.0 Å². The van der Waals surface area contributed by atoms with Gasteiger partial charge in [-0.2, -0.15) is 0 Å². The summed E-state index contributed by atoms with van der Waals surface area (Å²) in [5.74, 6) is 0. The van der Waals surface area contributed by atoms with Crippen LogP contribution in [0.15, 0.2) is 164 Å². The lowest BCUT2D eigenvalue weighted by atomic mass is 9.81. The van der Waals surface area contributed by atoms with Crippen LogP contribution in [0, 0.1) is 0 Å². The lowest BCUT2D eigenvalue weighted by molar-refractivity contribution is 0.661. The fraction of sp³-hybridized carbons (Fsp3) is 0.0600. The number of fused-ring (bicyclic) bond motifs is 16. The Bertz CT molecular complexity index is 3360. The second-order valence-electron chi connectivity index (χ2n) is 15.1. The molecule has 8 aromatic carbocycles. The Hall–Kier alpha value is -6.71. The number of hydrogen-bond acceptors (Lipinski definition) is 1. The van der Waals surface area contributed by atoms with Crippen molar-refractivity contribution in [2.24, 2.45) is 0 Å². The van der Waals surface area contributed by atoms with Crippen molar-refractivity contribution in [3.05, 3.63) is 175 Å². The zero-order valence-corrected chi connectivity index (χ0v) is 29.4. The summed E-state index contributed by atoms with van der Waals surface area (Å²) in [4.78, 5) is 5.09. The number of nitrogens with zero attached hydrogens (tertiary/aromatic N) is 3. The Morgan fingerprint density at radius 2 is 1.02 bits per heavy atom. The van der Waals surface area contributed by atoms with Crippen molar-refractivity contribution in [1.29, 1.82) is 0 Å². The lowest BCUT2D eigenvalue weighted by Crippen LogP contribution is -2.14. The molecule has 248 valence electrons. The Kier molecular flexibility index (Phi) is 5.57. The van der Waals surface area contributed by atoms with Gasteiger partial charge in [0, 0.05) is 44.5 Å². The second-order valence-corrected chi connectivity index (χ2v) is 15.1. The van der Waals surface area contributed by atoms with Crippen LogP contribution in [-0.4, -0.2) is 14.1 Å². The number of rotatable bonds is 2. The van der Waals surface area contributed by atoms with Crippen molar-refractivity contribution in [2.75, 3.05) is 0 Å². The summed E-state index contributed by atoms with van der Waals surface area (Å²) in [6.07, 6.45) is 1.93. The lowest BCUT2D eigenvalue weighted by Gasteiger charge is -2.22. The predicted molar refractivity (Wildman–Crippen MR) is 223 cm³/mol. The smallest absolute Gasteiger partial charge is 0.145 e. The number of hydrogen-bond donors (Lipinski definition) is 0. The molecule has 3 nitrogen and oxygen atoms in total. The molecule has 0 aliphatic heterocycles. The summed E-state index contributed by atoms with van der Waals surface area (Å²) < 4.78 is 4.76. The van der Waals surface area contributed by atoms with Gasteiger partial charge < -0.3 is 4.57 Å². The highest BCUT2D eigenvalue weighted by molar-refractivity contribution is 6.27. The van der Waals surface area contributed by atoms with Gasteiger partial charge in [-0.3, -0.25) is 4.57 Å². The first-order valence-electron chi connectivity index (χ1n) is 18.5. The Labute approximate surface area is 306 Å². The molecule has 0 saturated heterocycles. The van der Waals surface area contributed by atoms with Gasteiger partial charge in [-0.05, 0) is 121 Å². The van der Waals surface area contributed by atoms with Crippen LogP contribution in [0.25, 0.3) is 98.6 Å². The van der Waals surface area contributed by atoms with Gasteiger partial charge in [0.05, 0.1) is 16.6 Å². The highest BCUT2D eigenvalue weighted by atomic mass is 15.0. The minimum absolute atomic E-state index is 0.172. The summed E-state index contributed by atoms with van der Waals surface area (Å²) in [6.45, 7) is 4.79. The van der Waals surface area contributed by atoms with E-state index in [1.807, 2.05) is 6.20 Å². The van der Waals surface area contributed by atoms with E-state index >= 15 is 0 Å². The van der Waals surface area contributed by atoms with E-state index in [1.54, 1.807) is 0 Å². The van der Waals surface area contributed by atoms with Gasteiger partial charge in [-0.1, -0.05) is 105 Å². The normalized spacial score (nSPS) is 13.6. The van der Waals surface area contributed by atoms with E-state index in [2.05, 4.69) is 181 Å². The topological polar surface area (TPSA) is 22.8 Å². The molecule has 3 aromatic heterocycles. The van der Waals surface area contributed by atoms with E-state index in [0.29, 0.717) is 0 Å². The summed E-state index contributed by atoms with van der Waals surface area (Å²) in [5, 5.41) is 12.8. The zero-order valence-electron chi connectivity index (χ0n) is 29.4. The standard InChI is InChI=1S/C50H33N3/c1-50(2)42-23-25-46-48(47(42)41-28-38-34-17-8-6-15-32(34)33-16-7-9-18-35(33)39(38)29-43(41)50)37-20-12-26-51-49(37)53(46)31-22-24-45-40(27-31)36-19-10-11-21-44(36)52(45)30-13-4-3-5-14-30/h3-29H,1-2H3. The second kappa shape index (κ2) is 10.2. The van der Waals surface area contributed by atoms with Gasteiger partial charge in [-0.25, -0.2) is 4.98 Å². The van der Waals surface area contributed by atoms with Crippen molar-refractivity contribution in [3.63, 3.8) is 0 Å². The first-order chi connectivity index (χ1) is 26.1. The average Bonchev–Trinajstić information content (AvgIpc) is 3.80. The molecule has 3 heterocycles. The molecule has 3 heteroatoms. The van der Waals surface area contributed by atoms with Gasteiger partial charge in [0.25, 0.3) is 0 Å². The van der Waals surface area contributed by atoms with Gasteiger partial charge in [0.15, 0.2) is 0 Å². The van der Waals surface area contributed by atoms with Crippen molar-refractivity contribution in [2.45, 2.75) is 19.3 Å². The van der Waals surface area contributed by atoms with Crippen LogP contribution in [0.5, 0.6) is 0 Å². The van der Waals surface area contributed by atoms with Crippen molar-refractivity contribution < 1.29 is 0 Å². The van der Waals surface area contributed by atoms with Crippen LogP contribution in [0.2, 0.25) is 0 Å². The number of benzene rings is 8. The average molecular weight is 676 g/mol. The fourth-order valence-electron chi connectivity index (χ4n) is 9.77. The highest BCUT2D eigenvalue weighted by Crippen LogP contribution is 2.55. The van der Waals surface area contributed by atoms with Crippen LogP contribution in [0.4, 0.5) is 0 Å². The molecule has 11 aromatic rings. The molecule has 0 spiro atoms. The van der Waals surface area contributed by atoms with E-state index in [1.165, 1.54) is 92.7 Å². The van der Waals surface area contributed by atoms with Gasteiger partial charge in [0.2, 0.25) is 0 Å². The van der Waals surface area contributed by atoms with E-state index in [4.69, 9.17) is 4.98 Å². The van der Waals surface area contributed by atoms with Crippen LogP contribution in [0.1, 0.15) is 25.0 Å². The largest absolute Gasteiger partial charge is 0.309 e. The molecule has 0 radical (unpaired) electrons. The monoisotopic (exact) mass is 675 g/mol. The van der Waals surface area contributed by atoms with Crippen molar-refractivity contribution in [1.82, 2.24) is 14.1 Å². The molecule has 0 atom stereocenters. The molecular formula is C50H33N3. The molecule has 1 aliphatic rings. The fourth-order valence-corrected chi connectivity index (χ4v) is 9.77. The molecule has 12 rings (SSSR count). The maximum absolute atomic E-state index is 5.09. The third-order valence-electron chi connectivity index (χ3n) is 12.1. The Balaban J connectivity index is 1.17. The van der Waals surface area contributed by atoms with E-state index < -0.39 is 0 Å². The molecule has 0 bridgehead atoms. The predicted octanol–water partition coefficient (Wildman–Crippen LogP) is 13.0. The first kappa shape index (κ1) is 28.9. The summed E-state index contributed by atoms with van der Waals surface area (Å²) in [6, 6.07) is 58.2. The summed E-state index contributed by atoms with van der Waals surface area (Å²) >= 11 is 0. The highest BCUT2D eigenvalue weighted by Gasteiger charge is 2.38. The van der Waals surface area contributed by atoms with Crippen molar-refractivity contribution >= 4 is 76.1 Å². The minimum Gasteiger partial charge on any atom is -0.309 e.